The molecule has 0 spiro atoms. The van der Waals surface area contributed by atoms with Gasteiger partial charge in [-0.3, -0.25) is 28.4 Å². The molecule has 0 radical (unpaired) electrons. The molecule has 0 atom stereocenters. The molecule has 0 saturated heterocycles. The number of pyridine rings is 3. The van der Waals surface area contributed by atoms with Gasteiger partial charge < -0.3 is 9.36 Å². The van der Waals surface area contributed by atoms with Crippen LogP contribution in [0.5, 0.6) is 0 Å². The van der Waals surface area contributed by atoms with Gasteiger partial charge in [-0.15, -0.1) is 0 Å². The maximum absolute atomic E-state index is 13.5. The molecule has 0 N–H and O–H groups in total. The minimum Gasteiger partial charge on any atom is -0.315 e. The van der Waals surface area contributed by atoms with E-state index in [0.29, 0.717) is 60.8 Å². The molecule has 46 heavy (non-hydrogen) atoms. The Morgan fingerprint density at radius 2 is 1.76 bits per heavy atom. The SMILES string of the molecule is CCCn1c2c(c(=O)n(CCCC(C)=O)c1=O)CC(c1ccc(N(CCCn3ccccc3=O)C(=O)c3ccc(F)nc3)nc1)=N2. The lowest BCUT2D eigenvalue weighted by molar-refractivity contribution is -0.117. The smallest absolute Gasteiger partial charge is 0.315 e. The third-order valence-corrected chi connectivity index (χ3v) is 7.69. The van der Waals surface area contributed by atoms with Crippen LogP contribution in [0.4, 0.5) is 16.0 Å². The van der Waals surface area contributed by atoms with Crippen molar-refractivity contribution in [3.05, 3.63) is 115 Å². The lowest BCUT2D eigenvalue weighted by Crippen LogP contribution is -2.41. The molecular weight excluding hydrogens is 593 g/mol. The first kappa shape index (κ1) is 32.1. The number of ketones is 1. The first-order valence-electron chi connectivity index (χ1n) is 15.2. The van der Waals surface area contributed by atoms with Gasteiger partial charge in [-0.2, -0.15) is 4.39 Å². The van der Waals surface area contributed by atoms with E-state index in [1.165, 1.54) is 33.1 Å². The Hall–Kier alpha value is -5.33. The molecule has 5 heterocycles. The third kappa shape index (κ3) is 6.98. The molecule has 1 aliphatic rings. The van der Waals surface area contributed by atoms with E-state index in [2.05, 4.69) is 15.0 Å². The van der Waals surface area contributed by atoms with E-state index in [4.69, 9.17) is 0 Å². The number of Topliss-reactive ketones (excluding diaryl/α,β-unsaturated/α-hetero) is 1. The van der Waals surface area contributed by atoms with Crippen molar-refractivity contribution in [1.29, 1.82) is 0 Å². The summed E-state index contributed by atoms with van der Waals surface area (Å²) in [6.07, 6.45) is 6.34. The van der Waals surface area contributed by atoms with Crippen molar-refractivity contribution in [2.45, 2.75) is 65.6 Å². The molecule has 238 valence electrons. The zero-order valence-corrected chi connectivity index (χ0v) is 25.7. The van der Waals surface area contributed by atoms with E-state index in [1.807, 2.05) is 6.92 Å². The van der Waals surface area contributed by atoms with Crippen LogP contribution in [0.2, 0.25) is 0 Å². The molecule has 0 bridgehead atoms. The summed E-state index contributed by atoms with van der Waals surface area (Å²) in [7, 11) is 0. The Morgan fingerprint density at radius 3 is 2.43 bits per heavy atom. The first-order chi connectivity index (χ1) is 22.2. The molecule has 4 aromatic rings. The molecule has 0 aliphatic carbocycles. The van der Waals surface area contributed by atoms with E-state index < -0.39 is 23.1 Å². The second-order valence-corrected chi connectivity index (χ2v) is 11.1. The second-order valence-electron chi connectivity index (χ2n) is 11.1. The molecule has 0 aromatic carbocycles. The number of rotatable bonds is 13. The number of carbonyl (C=O) groups is 2. The van der Waals surface area contributed by atoms with Crippen molar-refractivity contribution in [1.82, 2.24) is 23.7 Å². The number of amides is 1. The van der Waals surface area contributed by atoms with Gasteiger partial charge in [0.15, 0.2) is 0 Å². The Kier molecular flexibility index (Phi) is 9.89. The Balaban J connectivity index is 1.41. The van der Waals surface area contributed by atoms with Crippen LogP contribution < -0.4 is 21.7 Å². The van der Waals surface area contributed by atoms with Crippen molar-refractivity contribution in [2.24, 2.45) is 4.99 Å². The highest BCUT2D eigenvalue weighted by Gasteiger charge is 2.27. The number of carbonyl (C=O) groups excluding carboxylic acids is 2. The van der Waals surface area contributed by atoms with Gasteiger partial charge in [0.25, 0.3) is 11.5 Å². The lowest BCUT2D eigenvalue weighted by atomic mass is 10.1. The van der Waals surface area contributed by atoms with E-state index in [0.717, 1.165) is 12.3 Å². The van der Waals surface area contributed by atoms with Crippen LogP contribution in [-0.4, -0.2) is 47.6 Å². The highest BCUT2D eigenvalue weighted by atomic mass is 19.1. The topological polar surface area (TPSA) is 142 Å². The van der Waals surface area contributed by atoms with Gasteiger partial charge in [-0.05, 0) is 56.5 Å². The summed E-state index contributed by atoms with van der Waals surface area (Å²) in [5.74, 6) is -0.501. The summed E-state index contributed by atoms with van der Waals surface area (Å²) in [6, 6.07) is 10.7. The average molecular weight is 628 g/mol. The van der Waals surface area contributed by atoms with Crippen molar-refractivity contribution < 1.29 is 14.0 Å². The minimum absolute atomic E-state index is 0.00839. The fraction of sp³-hybridized carbons (Fsp3) is 0.333. The highest BCUT2D eigenvalue weighted by molar-refractivity contribution is 6.07. The molecule has 0 saturated carbocycles. The zero-order chi connectivity index (χ0) is 32.8. The molecule has 0 fully saturated rings. The van der Waals surface area contributed by atoms with Crippen LogP contribution in [-0.2, 0) is 30.8 Å². The van der Waals surface area contributed by atoms with Gasteiger partial charge >= 0.3 is 5.69 Å². The zero-order valence-electron chi connectivity index (χ0n) is 25.7. The molecule has 1 amide bonds. The fourth-order valence-corrected chi connectivity index (χ4v) is 5.38. The Morgan fingerprint density at radius 1 is 0.935 bits per heavy atom. The molecule has 5 rings (SSSR count). The fourth-order valence-electron chi connectivity index (χ4n) is 5.38. The lowest BCUT2D eigenvalue weighted by Gasteiger charge is -2.22. The molecule has 4 aromatic heterocycles. The van der Waals surface area contributed by atoms with E-state index in [1.54, 1.807) is 41.2 Å². The second kappa shape index (κ2) is 14.2. The minimum atomic E-state index is -0.709. The molecule has 0 unspecified atom stereocenters. The molecule has 1 aliphatic heterocycles. The maximum atomic E-state index is 13.5. The monoisotopic (exact) mass is 627 g/mol. The van der Waals surface area contributed by atoms with Crippen molar-refractivity contribution in [3.8, 4) is 0 Å². The molecule has 12 nitrogen and oxygen atoms in total. The number of aliphatic imine (C=N–C) groups is 1. The number of hydrogen-bond acceptors (Lipinski definition) is 8. The van der Waals surface area contributed by atoms with Gasteiger partial charge in [0.05, 0.1) is 16.8 Å². The van der Waals surface area contributed by atoms with Crippen LogP contribution in [0.3, 0.4) is 0 Å². The van der Waals surface area contributed by atoms with E-state index in [9.17, 15) is 28.4 Å². The normalized spacial score (nSPS) is 12.1. The van der Waals surface area contributed by atoms with Crippen molar-refractivity contribution >= 4 is 29.0 Å². The van der Waals surface area contributed by atoms with Gasteiger partial charge in [-0.25, -0.2) is 19.8 Å². The van der Waals surface area contributed by atoms with Crippen LogP contribution in [0.15, 0.2) is 80.4 Å². The molecular formula is C33H34FN7O5. The number of hydrogen-bond donors (Lipinski definition) is 0. The Bertz CT molecular complexity index is 1960. The van der Waals surface area contributed by atoms with Crippen molar-refractivity contribution in [3.63, 3.8) is 0 Å². The van der Waals surface area contributed by atoms with E-state index >= 15 is 0 Å². The number of halogens is 1. The average Bonchev–Trinajstić information content (AvgIpc) is 3.50. The van der Waals surface area contributed by atoms with Gasteiger partial charge in [-0.1, -0.05) is 13.0 Å². The third-order valence-electron chi connectivity index (χ3n) is 7.69. The summed E-state index contributed by atoms with van der Waals surface area (Å²) < 4.78 is 17.7. The first-order valence-corrected chi connectivity index (χ1v) is 15.2. The quantitative estimate of drug-likeness (QED) is 0.207. The standard InChI is InChI=1S/C33H34FN7O5/c1-3-14-40-30-25(32(45)41(33(40)46)17-6-8-22(2)42)19-26(37-30)23-11-13-28(36-20-23)39(31(44)24-10-12-27(34)35-21-24)18-7-16-38-15-5-4-9-29(38)43/h4-5,9-13,15,20-21H,3,6-8,14,16-19H2,1-2H3. The summed E-state index contributed by atoms with van der Waals surface area (Å²) in [5.41, 5.74) is 0.734. The summed E-state index contributed by atoms with van der Waals surface area (Å²) in [6.45, 7) is 4.51. The predicted molar refractivity (Wildman–Crippen MR) is 170 cm³/mol. The summed E-state index contributed by atoms with van der Waals surface area (Å²) in [4.78, 5) is 78.0. The van der Waals surface area contributed by atoms with Crippen LogP contribution in [0.1, 0.15) is 61.0 Å². The highest BCUT2D eigenvalue weighted by Crippen LogP contribution is 2.26. The van der Waals surface area contributed by atoms with Crippen LogP contribution in [0, 0.1) is 5.95 Å². The summed E-state index contributed by atoms with van der Waals surface area (Å²) >= 11 is 0. The number of anilines is 1. The van der Waals surface area contributed by atoms with Gasteiger partial charge in [0, 0.05) is 69.2 Å². The molecule has 13 heteroatoms. The van der Waals surface area contributed by atoms with Crippen molar-refractivity contribution in [2.75, 3.05) is 11.4 Å². The predicted octanol–water partition coefficient (Wildman–Crippen LogP) is 3.29. The Labute approximate surface area is 263 Å². The van der Waals surface area contributed by atoms with E-state index in [-0.39, 0.29) is 42.8 Å². The van der Waals surface area contributed by atoms with Gasteiger partial charge in [0.2, 0.25) is 11.5 Å². The summed E-state index contributed by atoms with van der Waals surface area (Å²) in [5, 5.41) is 0. The number of fused-ring (bicyclic) bond motifs is 1. The number of aryl methyl sites for hydroxylation is 1. The van der Waals surface area contributed by atoms with Crippen LogP contribution in [0.25, 0.3) is 0 Å². The van der Waals surface area contributed by atoms with Crippen LogP contribution >= 0.6 is 0 Å². The van der Waals surface area contributed by atoms with Gasteiger partial charge in [0.1, 0.15) is 17.4 Å². The largest absolute Gasteiger partial charge is 0.332 e. The maximum Gasteiger partial charge on any atom is 0.332 e. The number of aromatic nitrogens is 5. The number of nitrogens with zero attached hydrogens (tertiary/aromatic N) is 7.